The van der Waals surface area contributed by atoms with Gasteiger partial charge < -0.3 is 19.3 Å². The van der Waals surface area contributed by atoms with E-state index in [0.29, 0.717) is 40.7 Å². The van der Waals surface area contributed by atoms with Gasteiger partial charge >= 0.3 is 0 Å². The van der Waals surface area contributed by atoms with Crippen molar-refractivity contribution < 1.29 is 28.9 Å². The van der Waals surface area contributed by atoms with Gasteiger partial charge in [-0.15, -0.1) is 0 Å². The molecule has 3 aromatic carbocycles. The Kier molecular flexibility index (Phi) is 5.83. The fraction of sp³-hybridized carbons (Fsp3) is 0.267. The van der Waals surface area contributed by atoms with Crippen molar-refractivity contribution in [3.8, 4) is 17.2 Å². The standard InChI is InChI=1S/C30H27NO6/c1-2-35-23-12-9-19(10-13-23)27-26(28(32)21-8-7-18-5-3-4-6-20(18)15-21)29(33)30(34)31(27)22-11-14-24-25(16-22)37-17-36-24/h7-16,27,32H,2-6,17H2,1H3/b28-26-. The number of aliphatic hydroxyl groups is 1. The molecule has 7 heteroatoms. The van der Waals surface area contributed by atoms with E-state index in [9.17, 15) is 14.7 Å². The van der Waals surface area contributed by atoms with Gasteiger partial charge in [0.05, 0.1) is 18.2 Å². The number of ketones is 1. The average Bonchev–Trinajstić information content (AvgIpc) is 3.50. The molecule has 1 N–H and O–H groups in total. The zero-order chi connectivity index (χ0) is 25.5. The van der Waals surface area contributed by atoms with Gasteiger partial charge in [-0.1, -0.05) is 24.3 Å². The minimum Gasteiger partial charge on any atom is -0.507 e. The molecule has 3 aliphatic rings. The van der Waals surface area contributed by atoms with E-state index in [2.05, 4.69) is 0 Å². The first-order valence-electron chi connectivity index (χ1n) is 12.6. The highest BCUT2D eigenvalue weighted by Gasteiger charge is 2.47. The van der Waals surface area contributed by atoms with Crippen molar-refractivity contribution in [1.29, 1.82) is 0 Å². The molecule has 188 valence electrons. The summed E-state index contributed by atoms with van der Waals surface area (Å²) in [6.45, 7) is 2.52. The lowest BCUT2D eigenvalue weighted by Gasteiger charge is -2.26. The minimum atomic E-state index is -0.827. The van der Waals surface area contributed by atoms with Crippen molar-refractivity contribution in [3.63, 3.8) is 0 Å². The Balaban J connectivity index is 1.50. The quantitative estimate of drug-likeness (QED) is 0.292. The summed E-state index contributed by atoms with van der Waals surface area (Å²) >= 11 is 0. The summed E-state index contributed by atoms with van der Waals surface area (Å²) in [6, 6.07) is 17.4. The zero-order valence-electron chi connectivity index (χ0n) is 20.5. The molecule has 6 rings (SSSR count). The fourth-order valence-corrected chi connectivity index (χ4v) is 5.40. The normalized spacial score (nSPS) is 19.7. The highest BCUT2D eigenvalue weighted by molar-refractivity contribution is 6.51. The number of hydrogen-bond acceptors (Lipinski definition) is 6. The van der Waals surface area contributed by atoms with E-state index in [1.165, 1.54) is 16.0 Å². The number of aliphatic hydroxyl groups excluding tert-OH is 1. The van der Waals surface area contributed by atoms with Crippen LogP contribution in [-0.2, 0) is 22.4 Å². The maximum atomic E-state index is 13.5. The molecule has 0 saturated carbocycles. The fourth-order valence-electron chi connectivity index (χ4n) is 5.40. The van der Waals surface area contributed by atoms with Crippen LogP contribution in [0.5, 0.6) is 17.2 Å². The monoisotopic (exact) mass is 497 g/mol. The van der Waals surface area contributed by atoms with Crippen molar-refractivity contribution in [2.45, 2.75) is 38.6 Å². The molecule has 0 bridgehead atoms. The molecule has 3 aromatic rings. The summed E-state index contributed by atoms with van der Waals surface area (Å²) < 4.78 is 16.5. The number of aryl methyl sites for hydroxylation is 2. The zero-order valence-corrected chi connectivity index (χ0v) is 20.5. The number of fused-ring (bicyclic) bond motifs is 2. The molecule has 1 unspecified atom stereocenters. The molecule has 1 fully saturated rings. The van der Waals surface area contributed by atoms with Gasteiger partial charge in [-0.3, -0.25) is 14.5 Å². The number of benzene rings is 3. The highest BCUT2D eigenvalue weighted by atomic mass is 16.7. The summed E-state index contributed by atoms with van der Waals surface area (Å²) in [7, 11) is 0. The van der Waals surface area contributed by atoms with E-state index >= 15 is 0 Å². The smallest absolute Gasteiger partial charge is 0.300 e. The molecule has 1 atom stereocenters. The molecule has 1 saturated heterocycles. The molecule has 2 aliphatic heterocycles. The molecular weight excluding hydrogens is 470 g/mol. The molecule has 2 heterocycles. The maximum Gasteiger partial charge on any atom is 0.300 e. The molecule has 7 nitrogen and oxygen atoms in total. The SMILES string of the molecule is CCOc1ccc(C2/C(=C(/O)c3ccc4c(c3)CCCC4)C(=O)C(=O)N2c2ccc3c(c2)OCO3)cc1. The number of ether oxygens (including phenoxy) is 3. The maximum absolute atomic E-state index is 13.5. The first-order chi connectivity index (χ1) is 18.0. The molecule has 0 spiro atoms. The Labute approximate surface area is 214 Å². The predicted molar refractivity (Wildman–Crippen MR) is 138 cm³/mol. The van der Waals surface area contributed by atoms with E-state index in [0.717, 1.165) is 25.7 Å². The van der Waals surface area contributed by atoms with Crippen LogP contribution in [0.3, 0.4) is 0 Å². The molecule has 1 aliphatic carbocycles. The number of rotatable bonds is 5. The van der Waals surface area contributed by atoms with Crippen molar-refractivity contribution in [2.75, 3.05) is 18.3 Å². The number of Topliss-reactive ketones (excluding diaryl/α,β-unsaturated/α-hetero) is 1. The van der Waals surface area contributed by atoms with Gasteiger partial charge in [0.1, 0.15) is 11.5 Å². The number of amides is 1. The lowest BCUT2D eigenvalue weighted by Crippen LogP contribution is -2.29. The Morgan fingerprint density at radius 3 is 2.49 bits per heavy atom. The van der Waals surface area contributed by atoms with E-state index in [1.54, 1.807) is 30.3 Å². The largest absolute Gasteiger partial charge is 0.507 e. The first kappa shape index (κ1) is 23.2. The Hall–Kier alpha value is -4.26. The van der Waals surface area contributed by atoms with E-state index < -0.39 is 17.7 Å². The van der Waals surface area contributed by atoms with Gasteiger partial charge in [0, 0.05) is 17.3 Å². The number of hydrogen-bond donors (Lipinski definition) is 1. The van der Waals surface area contributed by atoms with E-state index in [4.69, 9.17) is 14.2 Å². The van der Waals surface area contributed by atoms with Crippen LogP contribution >= 0.6 is 0 Å². The average molecular weight is 498 g/mol. The minimum absolute atomic E-state index is 0.0580. The summed E-state index contributed by atoms with van der Waals surface area (Å²) in [6.07, 6.45) is 4.19. The molecule has 1 amide bonds. The third kappa shape index (κ3) is 4.00. The summed E-state index contributed by atoms with van der Waals surface area (Å²) in [5, 5.41) is 11.5. The lowest BCUT2D eigenvalue weighted by molar-refractivity contribution is -0.132. The van der Waals surface area contributed by atoms with Gasteiger partial charge in [0.2, 0.25) is 6.79 Å². The van der Waals surface area contributed by atoms with Crippen LogP contribution in [0.15, 0.2) is 66.2 Å². The molecule has 0 radical (unpaired) electrons. The highest BCUT2D eigenvalue weighted by Crippen LogP contribution is 2.45. The van der Waals surface area contributed by atoms with Crippen LogP contribution in [-0.4, -0.2) is 30.2 Å². The van der Waals surface area contributed by atoms with Crippen molar-refractivity contribution in [2.24, 2.45) is 0 Å². The van der Waals surface area contributed by atoms with E-state index in [-0.39, 0.29) is 18.1 Å². The van der Waals surface area contributed by atoms with E-state index in [1.807, 2.05) is 37.3 Å². The van der Waals surface area contributed by atoms with Crippen LogP contribution < -0.4 is 19.1 Å². The van der Waals surface area contributed by atoms with Crippen LogP contribution in [0.2, 0.25) is 0 Å². The third-order valence-corrected chi connectivity index (χ3v) is 7.21. The first-order valence-corrected chi connectivity index (χ1v) is 12.6. The second kappa shape index (κ2) is 9.32. The van der Waals surface area contributed by atoms with Gasteiger partial charge in [0.25, 0.3) is 11.7 Å². The van der Waals surface area contributed by atoms with Gasteiger partial charge in [-0.25, -0.2) is 0 Å². The number of nitrogens with zero attached hydrogens (tertiary/aromatic N) is 1. The van der Waals surface area contributed by atoms with Crippen LogP contribution in [0, 0.1) is 0 Å². The number of anilines is 1. The number of carbonyl (C=O) groups excluding carboxylic acids is 2. The number of carbonyl (C=O) groups is 2. The topological polar surface area (TPSA) is 85.3 Å². The van der Waals surface area contributed by atoms with Crippen LogP contribution in [0.4, 0.5) is 5.69 Å². The molecule has 37 heavy (non-hydrogen) atoms. The van der Waals surface area contributed by atoms with Crippen LogP contribution in [0.25, 0.3) is 5.76 Å². The van der Waals surface area contributed by atoms with Crippen molar-refractivity contribution in [3.05, 3.63) is 88.5 Å². The molecule has 0 aromatic heterocycles. The van der Waals surface area contributed by atoms with Crippen LogP contribution in [0.1, 0.15) is 48.1 Å². The molecular formula is C30H27NO6. The van der Waals surface area contributed by atoms with Crippen molar-refractivity contribution in [1.82, 2.24) is 0 Å². The van der Waals surface area contributed by atoms with Crippen molar-refractivity contribution >= 4 is 23.1 Å². The Morgan fingerprint density at radius 1 is 0.946 bits per heavy atom. The third-order valence-electron chi connectivity index (χ3n) is 7.21. The van der Waals surface area contributed by atoms with Gasteiger partial charge in [0.15, 0.2) is 11.5 Å². The second-order valence-electron chi connectivity index (χ2n) is 9.40. The second-order valence-corrected chi connectivity index (χ2v) is 9.40. The summed E-state index contributed by atoms with van der Waals surface area (Å²) in [5.41, 5.74) is 4.21. The lowest BCUT2D eigenvalue weighted by atomic mass is 9.88. The van der Waals surface area contributed by atoms with Gasteiger partial charge in [-0.2, -0.15) is 0 Å². The Morgan fingerprint density at radius 2 is 1.70 bits per heavy atom. The summed E-state index contributed by atoms with van der Waals surface area (Å²) in [5.74, 6) is 0.144. The van der Waals surface area contributed by atoms with Gasteiger partial charge in [-0.05, 0) is 79.6 Å². The Bertz CT molecular complexity index is 1420. The summed E-state index contributed by atoms with van der Waals surface area (Å²) in [4.78, 5) is 28.4. The predicted octanol–water partition coefficient (Wildman–Crippen LogP) is 5.32.